The molecule has 0 aliphatic rings. The first-order valence-corrected chi connectivity index (χ1v) is 12.3. The molecule has 0 unspecified atom stereocenters. The number of benzene rings is 1. The maximum Gasteiger partial charge on any atom is 0.0991 e. The number of nitrogens with zero attached hydrogens (tertiary/aromatic N) is 1. The molecule has 0 radical (unpaired) electrons. The molecule has 0 fully saturated rings. The summed E-state index contributed by atoms with van der Waals surface area (Å²) < 4.78 is 0. The summed E-state index contributed by atoms with van der Waals surface area (Å²) in [7, 11) is 0. The molecule has 0 atom stereocenters. The van der Waals surface area contributed by atoms with E-state index in [0.717, 1.165) is 5.56 Å². The molecule has 0 saturated carbocycles. The first kappa shape index (κ1) is 21.3. The highest BCUT2D eigenvalue weighted by Crippen LogP contribution is 2.30. The smallest absolute Gasteiger partial charge is 0.0991 e. The minimum Gasteiger partial charge on any atom is -0.192 e. The van der Waals surface area contributed by atoms with E-state index < -0.39 is 0 Å². The Bertz CT molecular complexity index is 1300. The number of nitriles is 1. The molecule has 3 aromatic heterocycles. The molecule has 4 heteroatoms. The molecule has 31 heavy (non-hydrogen) atoms. The third-order valence-corrected chi connectivity index (χ3v) is 7.65. The maximum atomic E-state index is 8.99. The van der Waals surface area contributed by atoms with E-state index in [4.69, 9.17) is 5.26 Å². The van der Waals surface area contributed by atoms with Gasteiger partial charge >= 0.3 is 0 Å². The maximum absolute atomic E-state index is 8.99. The van der Waals surface area contributed by atoms with E-state index in [9.17, 15) is 0 Å². The highest BCUT2D eigenvalue weighted by molar-refractivity contribution is 7.15. The molecule has 0 aliphatic heterocycles. The van der Waals surface area contributed by atoms with Gasteiger partial charge < -0.3 is 0 Å². The summed E-state index contributed by atoms with van der Waals surface area (Å²) in [5.74, 6) is 0. The summed E-state index contributed by atoms with van der Waals surface area (Å²) in [5.41, 5.74) is 2.96. The van der Waals surface area contributed by atoms with E-state index in [1.54, 1.807) is 34.0 Å². The number of hydrogen-bond acceptors (Lipinski definition) is 4. The lowest BCUT2D eigenvalue weighted by atomic mass is 10.1. The Balaban J connectivity index is 1.62. The van der Waals surface area contributed by atoms with E-state index in [2.05, 4.69) is 86.7 Å². The summed E-state index contributed by atoms with van der Waals surface area (Å²) in [6.07, 6.45) is 13.0. The second kappa shape index (κ2) is 9.89. The van der Waals surface area contributed by atoms with Gasteiger partial charge in [-0.1, -0.05) is 24.3 Å². The second-order valence-corrected chi connectivity index (χ2v) is 10.9. The third-order valence-electron chi connectivity index (χ3n) is 4.64. The van der Waals surface area contributed by atoms with Crippen molar-refractivity contribution in [2.75, 3.05) is 0 Å². The first-order valence-electron chi connectivity index (χ1n) is 9.90. The summed E-state index contributed by atoms with van der Waals surface area (Å²) in [6, 6.07) is 20.7. The Morgan fingerprint density at radius 2 is 1.26 bits per heavy atom. The minimum atomic E-state index is 0.679. The standard InChI is InChI=1S/C27H21NS3/c1-19-3-11-24(29-19)13-14-26-17-23(10-9-21-5-7-22(18-28)8-6-21)27(31-26)16-15-25-12-4-20(2)30-25/h3-17H,1-2H3/b10-9+,14-13+,16-15+. The predicted octanol–water partition coefficient (Wildman–Crippen LogP) is 8.87. The second-order valence-electron chi connectivity index (χ2n) is 7.10. The molecule has 0 aliphatic carbocycles. The average Bonchev–Trinajstić information content (AvgIpc) is 3.49. The summed E-state index contributed by atoms with van der Waals surface area (Å²) in [6.45, 7) is 4.27. The third kappa shape index (κ3) is 5.80. The van der Waals surface area contributed by atoms with Gasteiger partial charge in [0.2, 0.25) is 0 Å². The van der Waals surface area contributed by atoms with E-state index in [1.165, 1.54) is 34.8 Å². The fourth-order valence-corrected chi connectivity index (χ4v) is 5.56. The molecule has 3 heterocycles. The Hall–Kier alpha value is -2.97. The normalized spacial score (nSPS) is 11.8. The van der Waals surface area contributed by atoms with Crippen LogP contribution in [-0.2, 0) is 0 Å². The summed E-state index contributed by atoms with van der Waals surface area (Å²) in [4.78, 5) is 7.64. The van der Waals surface area contributed by atoms with Crippen LogP contribution >= 0.6 is 34.0 Å². The van der Waals surface area contributed by atoms with Crippen molar-refractivity contribution in [3.8, 4) is 6.07 Å². The van der Waals surface area contributed by atoms with Crippen LogP contribution in [-0.4, -0.2) is 0 Å². The van der Waals surface area contributed by atoms with Crippen LogP contribution in [0.1, 0.15) is 46.0 Å². The molecular formula is C27H21NS3. The molecule has 0 saturated heterocycles. The Morgan fingerprint density at radius 1 is 0.645 bits per heavy atom. The van der Waals surface area contributed by atoms with Crippen LogP contribution in [0.2, 0.25) is 0 Å². The zero-order chi connectivity index (χ0) is 21.6. The van der Waals surface area contributed by atoms with Crippen LogP contribution in [0.3, 0.4) is 0 Å². The lowest BCUT2D eigenvalue weighted by molar-refractivity contribution is 1.48. The monoisotopic (exact) mass is 455 g/mol. The van der Waals surface area contributed by atoms with Gasteiger partial charge in [0.1, 0.15) is 0 Å². The van der Waals surface area contributed by atoms with Crippen LogP contribution < -0.4 is 0 Å². The Kier molecular flexibility index (Phi) is 6.79. The molecule has 4 aromatic rings. The lowest BCUT2D eigenvalue weighted by Gasteiger charge is -1.95. The van der Waals surface area contributed by atoms with E-state index in [-0.39, 0.29) is 0 Å². The van der Waals surface area contributed by atoms with Crippen LogP contribution in [0.25, 0.3) is 36.5 Å². The van der Waals surface area contributed by atoms with E-state index in [1.807, 2.05) is 24.3 Å². The zero-order valence-electron chi connectivity index (χ0n) is 17.3. The fourth-order valence-electron chi connectivity index (χ4n) is 3.05. The molecular weight excluding hydrogens is 435 g/mol. The molecule has 1 aromatic carbocycles. The van der Waals surface area contributed by atoms with Crippen LogP contribution in [0.4, 0.5) is 0 Å². The number of rotatable bonds is 6. The topological polar surface area (TPSA) is 23.8 Å². The molecule has 1 nitrogen and oxygen atoms in total. The average molecular weight is 456 g/mol. The molecule has 152 valence electrons. The highest BCUT2D eigenvalue weighted by Gasteiger charge is 2.04. The molecule has 0 spiro atoms. The van der Waals surface area contributed by atoms with Crippen molar-refractivity contribution in [3.05, 3.63) is 101 Å². The number of aryl methyl sites for hydroxylation is 2. The SMILES string of the molecule is Cc1ccc(/C=C/c2cc(/C=C/c3ccc(C#N)cc3)c(/C=C/c3ccc(C)s3)s2)s1. The van der Waals surface area contributed by atoms with Gasteiger partial charge in [-0.3, -0.25) is 0 Å². The van der Waals surface area contributed by atoms with Gasteiger partial charge in [-0.15, -0.1) is 34.0 Å². The van der Waals surface area contributed by atoms with E-state index >= 15 is 0 Å². The number of thiophene rings is 3. The Labute approximate surface area is 195 Å². The van der Waals surface area contributed by atoms with Crippen molar-refractivity contribution in [2.45, 2.75) is 13.8 Å². The van der Waals surface area contributed by atoms with E-state index in [0.29, 0.717) is 5.56 Å². The predicted molar refractivity (Wildman–Crippen MR) is 140 cm³/mol. The molecule has 0 bridgehead atoms. The van der Waals surface area contributed by atoms with Crippen molar-refractivity contribution in [1.82, 2.24) is 0 Å². The van der Waals surface area contributed by atoms with Crippen LogP contribution in [0.5, 0.6) is 0 Å². The van der Waals surface area contributed by atoms with Gasteiger partial charge in [0.25, 0.3) is 0 Å². The van der Waals surface area contributed by atoms with Gasteiger partial charge in [-0.05, 0) is 91.7 Å². The molecule has 0 amide bonds. The van der Waals surface area contributed by atoms with Gasteiger partial charge in [0, 0.05) is 29.3 Å². The zero-order valence-corrected chi connectivity index (χ0v) is 19.8. The van der Waals surface area contributed by atoms with Gasteiger partial charge in [-0.2, -0.15) is 5.26 Å². The van der Waals surface area contributed by atoms with Crippen molar-refractivity contribution >= 4 is 70.5 Å². The van der Waals surface area contributed by atoms with Crippen molar-refractivity contribution in [3.63, 3.8) is 0 Å². The van der Waals surface area contributed by atoms with Crippen molar-refractivity contribution in [1.29, 1.82) is 5.26 Å². The fraction of sp³-hybridized carbons (Fsp3) is 0.0741. The highest BCUT2D eigenvalue weighted by atomic mass is 32.1. The van der Waals surface area contributed by atoms with Gasteiger partial charge in [0.05, 0.1) is 11.6 Å². The van der Waals surface area contributed by atoms with Crippen molar-refractivity contribution < 1.29 is 0 Å². The minimum absolute atomic E-state index is 0.679. The quantitative estimate of drug-likeness (QED) is 0.285. The first-order chi connectivity index (χ1) is 15.1. The van der Waals surface area contributed by atoms with Crippen LogP contribution in [0.15, 0.2) is 54.6 Å². The number of hydrogen-bond donors (Lipinski definition) is 0. The van der Waals surface area contributed by atoms with Gasteiger partial charge in [-0.25, -0.2) is 0 Å². The van der Waals surface area contributed by atoms with Crippen molar-refractivity contribution in [2.24, 2.45) is 0 Å². The lowest BCUT2D eigenvalue weighted by Crippen LogP contribution is -1.75. The largest absolute Gasteiger partial charge is 0.192 e. The molecule has 0 N–H and O–H groups in total. The van der Waals surface area contributed by atoms with Gasteiger partial charge in [0.15, 0.2) is 0 Å². The summed E-state index contributed by atoms with van der Waals surface area (Å²) in [5, 5.41) is 8.99. The summed E-state index contributed by atoms with van der Waals surface area (Å²) >= 11 is 5.40. The van der Waals surface area contributed by atoms with Crippen LogP contribution in [0, 0.1) is 25.2 Å². The molecule has 4 rings (SSSR count). The Morgan fingerprint density at radius 3 is 1.84 bits per heavy atom.